The van der Waals surface area contributed by atoms with Gasteiger partial charge in [-0.05, 0) is 49.6 Å². The zero-order chi connectivity index (χ0) is 23.1. The molecule has 0 unspecified atom stereocenters. The van der Waals surface area contributed by atoms with E-state index in [2.05, 4.69) is 10.1 Å². The van der Waals surface area contributed by atoms with Crippen molar-refractivity contribution < 1.29 is 31.8 Å². The van der Waals surface area contributed by atoms with Gasteiger partial charge in [-0.2, -0.15) is 17.6 Å². The van der Waals surface area contributed by atoms with Crippen molar-refractivity contribution in [3.05, 3.63) is 48.0 Å². The van der Waals surface area contributed by atoms with Crippen molar-refractivity contribution in [3.8, 4) is 11.5 Å². The summed E-state index contributed by atoms with van der Waals surface area (Å²) in [6.07, 6.45) is 1.88. The second-order valence-electron chi connectivity index (χ2n) is 7.15. The molecule has 5 nitrogen and oxygen atoms in total. The Balaban J connectivity index is 1.68. The van der Waals surface area contributed by atoms with Crippen molar-refractivity contribution in [1.29, 1.82) is 0 Å². The molecule has 174 valence electrons. The smallest absolute Gasteiger partial charge is 0.387 e. The Morgan fingerprint density at radius 3 is 2.56 bits per heavy atom. The molecule has 1 amide bonds. The monoisotopic (exact) mass is 472 g/mol. The Morgan fingerprint density at radius 1 is 1.16 bits per heavy atom. The molecule has 1 N–H and O–H groups in total. The lowest BCUT2D eigenvalue weighted by atomic mass is 10.2. The number of carbonyl (C=O) groups is 1. The summed E-state index contributed by atoms with van der Waals surface area (Å²) in [5, 5.41) is 2.71. The van der Waals surface area contributed by atoms with Crippen LogP contribution >= 0.6 is 11.8 Å². The number of rotatable bonds is 12. The minimum atomic E-state index is -2.96. The van der Waals surface area contributed by atoms with Crippen LogP contribution < -0.4 is 14.8 Å². The van der Waals surface area contributed by atoms with Gasteiger partial charge < -0.3 is 14.8 Å². The van der Waals surface area contributed by atoms with Gasteiger partial charge in [0, 0.05) is 17.5 Å². The SMILES string of the molecule is CCOc1cc(CN(CC(=O)Nc2ccccc2SC(F)F)C2CC2)ccc1OC(F)F. The van der Waals surface area contributed by atoms with Crippen LogP contribution in [-0.2, 0) is 11.3 Å². The van der Waals surface area contributed by atoms with E-state index in [9.17, 15) is 22.4 Å². The quantitative estimate of drug-likeness (QED) is 0.322. The fraction of sp³-hybridized carbons (Fsp3) is 0.409. The lowest BCUT2D eigenvalue weighted by Crippen LogP contribution is -2.34. The number of halogens is 4. The Kier molecular flexibility index (Phi) is 8.63. The molecule has 1 aliphatic carbocycles. The number of nitrogens with one attached hydrogen (secondary N) is 1. The number of amides is 1. The number of nitrogens with zero attached hydrogens (tertiary/aromatic N) is 1. The van der Waals surface area contributed by atoms with E-state index in [1.807, 2.05) is 4.90 Å². The van der Waals surface area contributed by atoms with E-state index in [4.69, 9.17) is 4.74 Å². The Bertz CT molecular complexity index is 912. The number of thioether (sulfide) groups is 1. The highest BCUT2D eigenvalue weighted by Gasteiger charge is 2.30. The maximum absolute atomic E-state index is 12.8. The molecule has 0 aromatic heterocycles. The number of hydrogen-bond acceptors (Lipinski definition) is 5. The second-order valence-corrected chi connectivity index (χ2v) is 8.18. The minimum Gasteiger partial charge on any atom is -0.490 e. The number of ether oxygens (including phenoxy) is 2. The number of hydrogen-bond donors (Lipinski definition) is 1. The molecule has 1 fully saturated rings. The van der Waals surface area contributed by atoms with Crippen molar-refractivity contribution in [1.82, 2.24) is 4.90 Å². The van der Waals surface area contributed by atoms with E-state index in [0.29, 0.717) is 28.9 Å². The van der Waals surface area contributed by atoms with Gasteiger partial charge >= 0.3 is 6.61 Å². The summed E-state index contributed by atoms with van der Waals surface area (Å²) in [4.78, 5) is 14.9. The van der Waals surface area contributed by atoms with Crippen LogP contribution in [0.1, 0.15) is 25.3 Å². The first-order valence-corrected chi connectivity index (χ1v) is 11.0. The largest absolute Gasteiger partial charge is 0.490 e. The summed E-state index contributed by atoms with van der Waals surface area (Å²) >= 11 is 0.378. The van der Waals surface area contributed by atoms with E-state index < -0.39 is 12.4 Å². The topological polar surface area (TPSA) is 50.8 Å². The molecule has 0 saturated heterocycles. The molecule has 2 aromatic rings. The van der Waals surface area contributed by atoms with Crippen LogP contribution in [0.25, 0.3) is 0 Å². The fourth-order valence-corrected chi connectivity index (χ4v) is 3.84. The molecular formula is C22H24F4N2O3S. The van der Waals surface area contributed by atoms with Gasteiger partial charge in [0.2, 0.25) is 5.91 Å². The highest BCUT2D eigenvalue weighted by atomic mass is 32.2. The van der Waals surface area contributed by atoms with E-state index in [-0.39, 0.29) is 36.6 Å². The average Bonchev–Trinajstić information content (AvgIpc) is 3.56. The van der Waals surface area contributed by atoms with Crippen LogP contribution in [0.15, 0.2) is 47.4 Å². The zero-order valence-corrected chi connectivity index (χ0v) is 18.2. The molecule has 2 aromatic carbocycles. The first-order chi connectivity index (χ1) is 15.4. The van der Waals surface area contributed by atoms with Gasteiger partial charge in [-0.1, -0.05) is 30.0 Å². The fourth-order valence-electron chi connectivity index (χ4n) is 3.24. The Hall–Kier alpha value is -2.46. The molecule has 0 heterocycles. The number of para-hydroxylation sites is 1. The molecule has 1 saturated carbocycles. The molecule has 1 aliphatic rings. The zero-order valence-electron chi connectivity index (χ0n) is 17.4. The van der Waals surface area contributed by atoms with E-state index >= 15 is 0 Å². The van der Waals surface area contributed by atoms with Crippen LogP contribution in [0.3, 0.4) is 0 Å². The summed E-state index contributed by atoms with van der Waals surface area (Å²) in [7, 11) is 0. The molecule has 0 spiro atoms. The van der Waals surface area contributed by atoms with Gasteiger partial charge in [0.1, 0.15) is 0 Å². The summed E-state index contributed by atoms with van der Waals surface area (Å²) in [6, 6.07) is 11.3. The molecular weight excluding hydrogens is 448 g/mol. The van der Waals surface area contributed by atoms with Crippen molar-refractivity contribution in [2.75, 3.05) is 18.5 Å². The summed E-state index contributed by atoms with van der Waals surface area (Å²) in [5.74, 6) is -2.74. The molecule has 0 bridgehead atoms. The van der Waals surface area contributed by atoms with Crippen LogP contribution in [0.2, 0.25) is 0 Å². The maximum atomic E-state index is 12.8. The number of alkyl halides is 4. The van der Waals surface area contributed by atoms with Gasteiger partial charge in [0.25, 0.3) is 5.76 Å². The molecule has 10 heteroatoms. The highest BCUT2D eigenvalue weighted by molar-refractivity contribution is 7.99. The van der Waals surface area contributed by atoms with Gasteiger partial charge in [-0.15, -0.1) is 0 Å². The third-order valence-corrected chi connectivity index (χ3v) is 5.48. The number of anilines is 1. The average molecular weight is 473 g/mol. The van der Waals surface area contributed by atoms with Gasteiger partial charge in [-0.3, -0.25) is 9.69 Å². The summed E-state index contributed by atoms with van der Waals surface area (Å²) in [5.41, 5.74) is 1.12. The van der Waals surface area contributed by atoms with E-state index in [1.54, 1.807) is 37.3 Å². The third-order valence-electron chi connectivity index (χ3n) is 4.70. The molecule has 3 rings (SSSR count). The molecule has 0 aliphatic heterocycles. The molecule has 0 radical (unpaired) electrons. The lowest BCUT2D eigenvalue weighted by Gasteiger charge is -2.22. The second kappa shape index (κ2) is 11.4. The van der Waals surface area contributed by atoms with Crippen molar-refractivity contribution in [3.63, 3.8) is 0 Å². The van der Waals surface area contributed by atoms with Crippen molar-refractivity contribution >= 4 is 23.4 Å². The third kappa shape index (κ3) is 7.30. The van der Waals surface area contributed by atoms with E-state index in [1.165, 1.54) is 12.1 Å². The summed E-state index contributed by atoms with van der Waals surface area (Å²) < 4.78 is 60.7. The predicted octanol–water partition coefficient (Wildman–Crippen LogP) is 5.60. The molecule has 0 atom stereocenters. The van der Waals surface area contributed by atoms with Crippen LogP contribution in [0, 0.1) is 0 Å². The minimum absolute atomic E-state index is 0.0468. The van der Waals surface area contributed by atoms with Gasteiger partial charge in [0.05, 0.1) is 18.8 Å². The van der Waals surface area contributed by atoms with Crippen LogP contribution in [0.5, 0.6) is 11.5 Å². The van der Waals surface area contributed by atoms with Gasteiger partial charge in [-0.25, -0.2) is 0 Å². The lowest BCUT2D eigenvalue weighted by molar-refractivity contribution is -0.117. The normalized spacial score (nSPS) is 13.6. The molecule has 32 heavy (non-hydrogen) atoms. The first-order valence-electron chi connectivity index (χ1n) is 10.1. The Morgan fingerprint density at radius 2 is 1.91 bits per heavy atom. The van der Waals surface area contributed by atoms with Crippen LogP contribution in [-0.4, -0.2) is 42.4 Å². The highest BCUT2D eigenvalue weighted by Crippen LogP contribution is 2.34. The van der Waals surface area contributed by atoms with Crippen molar-refractivity contribution in [2.45, 2.75) is 49.6 Å². The first kappa shape index (κ1) is 24.2. The standard InChI is InChI=1S/C22H24F4N2O3S/c1-2-30-18-11-14(7-10-17(18)31-21(23)24)12-28(15-8-9-15)13-20(29)27-16-5-3-4-6-19(16)32-22(25)26/h3-7,10-11,15,21-22H,2,8-9,12-13H2,1H3,(H,27,29). The van der Waals surface area contributed by atoms with Crippen molar-refractivity contribution in [2.24, 2.45) is 0 Å². The van der Waals surface area contributed by atoms with E-state index in [0.717, 1.165) is 18.4 Å². The predicted molar refractivity (Wildman–Crippen MR) is 115 cm³/mol. The number of carbonyl (C=O) groups excluding carboxylic acids is 1. The Labute approximate surface area is 188 Å². The van der Waals surface area contributed by atoms with Crippen LogP contribution in [0.4, 0.5) is 23.2 Å². The summed E-state index contributed by atoms with van der Waals surface area (Å²) in [6.45, 7) is -0.464. The number of benzene rings is 2. The maximum Gasteiger partial charge on any atom is 0.387 e. The van der Waals surface area contributed by atoms with Gasteiger partial charge in [0.15, 0.2) is 11.5 Å².